The molecule has 0 saturated heterocycles. The van der Waals surface area contributed by atoms with Crippen molar-refractivity contribution in [2.75, 3.05) is 6.54 Å². The molecule has 0 spiro atoms. The lowest BCUT2D eigenvalue weighted by atomic mass is 9.95. The Morgan fingerprint density at radius 1 is 1.15 bits per heavy atom. The van der Waals surface area contributed by atoms with Crippen molar-refractivity contribution >= 4 is 41.1 Å². The van der Waals surface area contributed by atoms with Crippen LogP contribution in [0.4, 0.5) is 4.79 Å². The van der Waals surface area contributed by atoms with Crippen molar-refractivity contribution in [3.63, 3.8) is 0 Å². The molecule has 2 aliphatic rings. The van der Waals surface area contributed by atoms with Gasteiger partial charge in [0.25, 0.3) is 5.91 Å². The SMILES string of the molecule is O=C(NCC(NC(=O)c1c(Cl)cccc1Cl)C(=O)O)NC1CC2CCC1C2. The highest BCUT2D eigenvalue weighted by Crippen LogP contribution is 2.44. The number of fused-ring (bicyclic) bond motifs is 2. The van der Waals surface area contributed by atoms with Crippen molar-refractivity contribution < 1.29 is 19.5 Å². The maximum absolute atomic E-state index is 12.3. The van der Waals surface area contributed by atoms with Gasteiger partial charge in [0.05, 0.1) is 22.2 Å². The van der Waals surface area contributed by atoms with E-state index < -0.39 is 23.9 Å². The Balaban J connectivity index is 1.54. The molecule has 2 saturated carbocycles. The summed E-state index contributed by atoms with van der Waals surface area (Å²) in [6, 6.07) is 2.96. The minimum absolute atomic E-state index is 0.00137. The van der Waals surface area contributed by atoms with Gasteiger partial charge in [-0.05, 0) is 43.2 Å². The van der Waals surface area contributed by atoms with E-state index in [1.54, 1.807) is 6.07 Å². The van der Waals surface area contributed by atoms with Crippen molar-refractivity contribution in [3.05, 3.63) is 33.8 Å². The molecule has 4 N–H and O–H groups in total. The molecule has 0 aromatic heterocycles. The maximum Gasteiger partial charge on any atom is 0.328 e. The molecule has 2 aliphatic carbocycles. The molecule has 4 atom stereocenters. The Morgan fingerprint density at radius 3 is 2.41 bits per heavy atom. The summed E-state index contributed by atoms with van der Waals surface area (Å²) in [6.07, 6.45) is 4.48. The predicted octanol–water partition coefficient (Wildman–Crippen LogP) is 2.66. The zero-order chi connectivity index (χ0) is 19.6. The number of carbonyl (C=O) groups is 3. The number of rotatable bonds is 6. The van der Waals surface area contributed by atoms with Gasteiger partial charge in [0.1, 0.15) is 6.04 Å². The average Bonchev–Trinajstić information content (AvgIpc) is 3.21. The second-order valence-corrected chi connectivity index (χ2v) is 7.91. The number of aliphatic carboxylic acids is 1. The topological polar surface area (TPSA) is 108 Å². The van der Waals surface area contributed by atoms with Crippen molar-refractivity contribution in [1.82, 2.24) is 16.0 Å². The van der Waals surface area contributed by atoms with Crippen molar-refractivity contribution in [3.8, 4) is 0 Å². The molecule has 9 heteroatoms. The molecule has 0 radical (unpaired) electrons. The van der Waals surface area contributed by atoms with E-state index in [2.05, 4.69) is 16.0 Å². The van der Waals surface area contributed by atoms with E-state index in [1.165, 1.54) is 18.6 Å². The highest BCUT2D eigenvalue weighted by Gasteiger charge is 2.40. The van der Waals surface area contributed by atoms with Crippen LogP contribution in [0.3, 0.4) is 0 Å². The van der Waals surface area contributed by atoms with Crippen molar-refractivity contribution in [2.24, 2.45) is 11.8 Å². The first-order valence-corrected chi connectivity index (χ1v) is 9.62. The molecule has 2 bridgehead atoms. The molecule has 0 aliphatic heterocycles. The molecule has 27 heavy (non-hydrogen) atoms. The quantitative estimate of drug-likeness (QED) is 0.574. The third-order valence-electron chi connectivity index (χ3n) is 5.31. The third kappa shape index (κ3) is 4.65. The van der Waals surface area contributed by atoms with Crippen LogP contribution in [-0.4, -0.2) is 41.6 Å². The van der Waals surface area contributed by atoms with Crippen molar-refractivity contribution in [1.29, 1.82) is 0 Å². The van der Waals surface area contributed by atoms with Crippen LogP contribution >= 0.6 is 23.2 Å². The van der Waals surface area contributed by atoms with Gasteiger partial charge in [0.15, 0.2) is 0 Å². The summed E-state index contributed by atoms with van der Waals surface area (Å²) < 4.78 is 0. The van der Waals surface area contributed by atoms with Crippen LogP contribution < -0.4 is 16.0 Å². The number of halogens is 2. The average molecular weight is 414 g/mol. The van der Waals surface area contributed by atoms with Crippen LogP contribution in [0.5, 0.6) is 0 Å². The molecule has 4 unspecified atom stereocenters. The number of urea groups is 1. The fraction of sp³-hybridized carbons (Fsp3) is 0.500. The number of hydrogen-bond donors (Lipinski definition) is 4. The molecular formula is C18H21Cl2N3O4. The molecule has 3 rings (SSSR count). The highest BCUT2D eigenvalue weighted by molar-refractivity contribution is 6.39. The Morgan fingerprint density at radius 2 is 1.85 bits per heavy atom. The Labute approximate surface area is 166 Å². The lowest BCUT2D eigenvalue weighted by Crippen LogP contribution is -2.52. The van der Waals surface area contributed by atoms with E-state index in [9.17, 15) is 19.5 Å². The van der Waals surface area contributed by atoms with E-state index in [4.69, 9.17) is 23.2 Å². The van der Waals surface area contributed by atoms with Gasteiger partial charge in [-0.3, -0.25) is 4.79 Å². The number of nitrogens with one attached hydrogen (secondary N) is 3. The van der Waals surface area contributed by atoms with E-state index in [0.29, 0.717) is 11.8 Å². The van der Waals surface area contributed by atoms with Crippen LogP contribution in [-0.2, 0) is 4.79 Å². The number of carbonyl (C=O) groups excluding carboxylic acids is 2. The van der Waals surface area contributed by atoms with Gasteiger partial charge >= 0.3 is 12.0 Å². The monoisotopic (exact) mass is 413 g/mol. The fourth-order valence-electron chi connectivity index (χ4n) is 3.98. The van der Waals surface area contributed by atoms with Gasteiger partial charge in [-0.15, -0.1) is 0 Å². The number of amides is 3. The lowest BCUT2D eigenvalue weighted by molar-refractivity contribution is -0.139. The largest absolute Gasteiger partial charge is 0.480 e. The van der Waals surface area contributed by atoms with E-state index in [0.717, 1.165) is 19.3 Å². The molecule has 1 aromatic rings. The highest BCUT2D eigenvalue weighted by atomic mass is 35.5. The van der Waals surface area contributed by atoms with Crippen LogP contribution in [0.25, 0.3) is 0 Å². The summed E-state index contributed by atoms with van der Waals surface area (Å²) in [6.45, 7) is -0.254. The predicted molar refractivity (Wildman–Crippen MR) is 101 cm³/mol. The second-order valence-electron chi connectivity index (χ2n) is 7.10. The Kier molecular flexibility index (Phi) is 6.11. The molecule has 1 aromatic carbocycles. The summed E-state index contributed by atoms with van der Waals surface area (Å²) in [5.74, 6) is -0.787. The molecule has 7 nitrogen and oxygen atoms in total. The summed E-state index contributed by atoms with van der Waals surface area (Å²) in [7, 11) is 0. The fourth-order valence-corrected chi connectivity index (χ4v) is 4.55. The zero-order valence-corrected chi connectivity index (χ0v) is 16.0. The summed E-state index contributed by atoms with van der Waals surface area (Å²) >= 11 is 11.9. The normalized spacial score (nSPS) is 24.3. The first-order valence-electron chi connectivity index (χ1n) is 8.87. The first kappa shape index (κ1) is 19.8. The Bertz CT molecular complexity index is 738. The summed E-state index contributed by atoms with van der Waals surface area (Å²) in [4.78, 5) is 35.9. The van der Waals surface area contributed by atoms with Gasteiger partial charge < -0.3 is 21.1 Å². The third-order valence-corrected chi connectivity index (χ3v) is 5.94. The molecular weight excluding hydrogens is 393 g/mol. The molecule has 146 valence electrons. The van der Waals surface area contributed by atoms with Gasteiger partial charge in [0.2, 0.25) is 0 Å². The maximum atomic E-state index is 12.3. The van der Waals surface area contributed by atoms with Crippen molar-refractivity contribution in [2.45, 2.75) is 37.8 Å². The van der Waals surface area contributed by atoms with E-state index in [1.807, 2.05) is 0 Å². The Hall–Kier alpha value is -1.99. The van der Waals surface area contributed by atoms with Gasteiger partial charge in [0, 0.05) is 6.04 Å². The summed E-state index contributed by atoms with van der Waals surface area (Å²) in [5.41, 5.74) is -0.00137. The molecule has 0 heterocycles. The smallest absolute Gasteiger partial charge is 0.328 e. The van der Waals surface area contributed by atoms with E-state index in [-0.39, 0.29) is 28.2 Å². The minimum Gasteiger partial charge on any atom is -0.480 e. The van der Waals surface area contributed by atoms with Crippen LogP contribution in [0.1, 0.15) is 36.0 Å². The van der Waals surface area contributed by atoms with Crippen LogP contribution in [0.2, 0.25) is 10.0 Å². The summed E-state index contributed by atoms with van der Waals surface area (Å²) in [5, 5.41) is 17.3. The number of hydrogen-bond acceptors (Lipinski definition) is 3. The van der Waals surface area contributed by atoms with Gasteiger partial charge in [-0.2, -0.15) is 0 Å². The van der Waals surface area contributed by atoms with Crippen LogP contribution in [0, 0.1) is 11.8 Å². The van der Waals surface area contributed by atoms with Gasteiger partial charge in [-0.1, -0.05) is 35.7 Å². The van der Waals surface area contributed by atoms with Crippen LogP contribution in [0.15, 0.2) is 18.2 Å². The standard InChI is InChI=1S/C18H21Cl2N3O4/c19-11-2-1-3-12(20)15(11)16(24)22-14(17(25)26)8-21-18(27)23-13-7-9-4-5-10(13)6-9/h1-3,9-10,13-14H,4-8H2,(H,22,24)(H,25,26)(H2,21,23,27). The van der Waals surface area contributed by atoms with E-state index >= 15 is 0 Å². The lowest BCUT2D eigenvalue weighted by Gasteiger charge is -2.23. The zero-order valence-electron chi connectivity index (χ0n) is 14.5. The molecule has 2 fully saturated rings. The minimum atomic E-state index is -1.31. The number of benzene rings is 1. The van der Waals surface area contributed by atoms with Gasteiger partial charge in [-0.25, -0.2) is 9.59 Å². The second kappa shape index (κ2) is 8.35. The first-order chi connectivity index (χ1) is 12.8. The number of carboxylic acid groups (broad SMARTS) is 1. The molecule has 3 amide bonds. The number of carboxylic acids is 1.